The van der Waals surface area contributed by atoms with Crippen molar-refractivity contribution in [1.82, 2.24) is 19.9 Å². The third-order valence-corrected chi connectivity index (χ3v) is 4.16. The van der Waals surface area contributed by atoms with E-state index < -0.39 is 5.97 Å². The second-order valence-corrected chi connectivity index (χ2v) is 5.61. The number of hydrogen-bond donors (Lipinski definition) is 1. The molecule has 0 aromatic carbocycles. The van der Waals surface area contributed by atoms with Gasteiger partial charge in [-0.1, -0.05) is 11.3 Å². The third-order valence-electron chi connectivity index (χ3n) is 2.09. The second kappa shape index (κ2) is 6.01. The van der Waals surface area contributed by atoms with Crippen molar-refractivity contribution in [3.05, 3.63) is 10.6 Å². The summed E-state index contributed by atoms with van der Waals surface area (Å²) in [7, 11) is 2.86. The summed E-state index contributed by atoms with van der Waals surface area (Å²) in [4.78, 5) is 27.3. The number of carbonyl (C=O) groups is 1. The zero-order valence-electron chi connectivity index (χ0n) is 10.8. The fourth-order valence-electron chi connectivity index (χ4n) is 1.24. The van der Waals surface area contributed by atoms with E-state index in [1.54, 1.807) is 6.92 Å². The van der Waals surface area contributed by atoms with Gasteiger partial charge < -0.3 is 14.6 Å². The van der Waals surface area contributed by atoms with Crippen molar-refractivity contribution in [3.8, 4) is 12.0 Å². The van der Waals surface area contributed by atoms with Gasteiger partial charge in [-0.2, -0.15) is 9.97 Å². The lowest BCUT2D eigenvalue weighted by Crippen LogP contribution is -2.00. The van der Waals surface area contributed by atoms with E-state index >= 15 is 0 Å². The summed E-state index contributed by atoms with van der Waals surface area (Å²) in [5.41, 5.74) is 0.456. The highest BCUT2D eigenvalue weighted by atomic mass is 32.2. The van der Waals surface area contributed by atoms with Gasteiger partial charge in [-0.05, 0) is 18.7 Å². The van der Waals surface area contributed by atoms with Gasteiger partial charge in [0.2, 0.25) is 5.16 Å². The lowest BCUT2D eigenvalue weighted by Gasteiger charge is -2.02. The van der Waals surface area contributed by atoms with E-state index in [1.165, 1.54) is 14.2 Å². The number of carboxylic acids is 1. The molecule has 2 aromatic heterocycles. The minimum atomic E-state index is -1.00. The molecular formula is C10H10N4O4S2. The van der Waals surface area contributed by atoms with Crippen LogP contribution in [0.1, 0.15) is 15.4 Å². The van der Waals surface area contributed by atoms with Crippen LogP contribution in [0, 0.1) is 6.92 Å². The summed E-state index contributed by atoms with van der Waals surface area (Å²) in [6, 6.07) is 0.233. The Morgan fingerprint density at radius 1 is 1.15 bits per heavy atom. The molecule has 0 fully saturated rings. The Bertz CT molecular complexity index is 624. The maximum Gasteiger partial charge on any atom is 0.347 e. The number of rotatable bonds is 5. The molecule has 2 heterocycles. The Balaban J connectivity index is 2.29. The van der Waals surface area contributed by atoms with E-state index in [1.807, 2.05) is 0 Å². The molecule has 0 unspecified atom stereocenters. The molecule has 20 heavy (non-hydrogen) atoms. The summed E-state index contributed by atoms with van der Waals surface area (Å²) in [5, 5.41) is 9.31. The van der Waals surface area contributed by atoms with Crippen LogP contribution in [0.2, 0.25) is 0 Å². The van der Waals surface area contributed by atoms with Crippen LogP contribution in [0.15, 0.2) is 9.50 Å². The number of thiazole rings is 1. The molecule has 106 valence electrons. The largest absolute Gasteiger partial charge is 0.477 e. The fraction of sp³-hybridized carbons (Fsp3) is 0.300. The highest BCUT2D eigenvalue weighted by Crippen LogP contribution is 2.32. The second-order valence-electron chi connectivity index (χ2n) is 3.39. The summed E-state index contributed by atoms with van der Waals surface area (Å²) >= 11 is 2.18. The first-order chi connectivity index (χ1) is 9.53. The van der Waals surface area contributed by atoms with E-state index in [4.69, 9.17) is 14.6 Å². The van der Waals surface area contributed by atoms with Crippen LogP contribution in [-0.2, 0) is 0 Å². The van der Waals surface area contributed by atoms with Crippen molar-refractivity contribution in [3.63, 3.8) is 0 Å². The number of aromatic nitrogens is 4. The lowest BCUT2D eigenvalue weighted by molar-refractivity contribution is 0.0701. The van der Waals surface area contributed by atoms with E-state index in [2.05, 4.69) is 19.9 Å². The number of carboxylic acid groups (broad SMARTS) is 1. The first-order valence-corrected chi connectivity index (χ1v) is 6.89. The molecule has 1 N–H and O–H groups in total. The van der Waals surface area contributed by atoms with Crippen molar-refractivity contribution < 1.29 is 19.4 Å². The molecule has 2 rings (SSSR count). The Labute approximate surface area is 122 Å². The number of methoxy groups -OCH3 is 2. The van der Waals surface area contributed by atoms with Crippen LogP contribution in [0.5, 0.6) is 12.0 Å². The molecule has 0 aliphatic heterocycles. The Hall–Kier alpha value is -1.94. The van der Waals surface area contributed by atoms with Gasteiger partial charge in [0.05, 0.1) is 19.9 Å². The number of nitrogens with zero attached hydrogens (tertiary/aromatic N) is 4. The number of aromatic carboxylic acids is 1. The first-order valence-electron chi connectivity index (χ1n) is 5.26. The number of ether oxygens (including phenoxy) is 2. The summed E-state index contributed by atoms with van der Waals surface area (Å²) < 4.78 is 10.4. The summed E-state index contributed by atoms with van der Waals surface area (Å²) in [6.45, 7) is 1.64. The SMILES string of the molecule is COc1nc(OC)nc(Sc2nc(C)c(C(=O)O)s2)n1. The monoisotopic (exact) mass is 314 g/mol. The van der Waals surface area contributed by atoms with E-state index in [0.29, 0.717) is 15.2 Å². The Kier molecular flexibility index (Phi) is 4.35. The van der Waals surface area contributed by atoms with Crippen LogP contribution >= 0.6 is 23.1 Å². The molecule has 0 bridgehead atoms. The number of aryl methyl sites for hydroxylation is 1. The maximum atomic E-state index is 11.0. The van der Waals surface area contributed by atoms with Crippen LogP contribution in [0.3, 0.4) is 0 Å². The molecule has 0 saturated carbocycles. The topological polar surface area (TPSA) is 107 Å². The minimum Gasteiger partial charge on any atom is -0.477 e. The molecule has 0 saturated heterocycles. The van der Waals surface area contributed by atoms with Crippen molar-refractivity contribution in [2.24, 2.45) is 0 Å². The molecular weight excluding hydrogens is 304 g/mol. The van der Waals surface area contributed by atoms with Gasteiger partial charge in [-0.25, -0.2) is 9.78 Å². The van der Waals surface area contributed by atoms with Gasteiger partial charge in [0, 0.05) is 0 Å². The average molecular weight is 314 g/mol. The standard InChI is InChI=1S/C10H10N4O4S2/c1-4-5(6(15)16)19-10(11-4)20-9-13-7(17-2)12-8(14-9)18-3/h1-3H3,(H,15,16). The number of hydrogen-bond acceptors (Lipinski definition) is 9. The first kappa shape index (κ1) is 14.5. The molecule has 0 atom stereocenters. The zero-order valence-corrected chi connectivity index (χ0v) is 12.4. The van der Waals surface area contributed by atoms with E-state index in [9.17, 15) is 4.79 Å². The predicted octanol–water partition coefficient (Wildman–Crippen LogP) is 1.50. The highest BCUT2D eigenvalue weighted by Gasteiger charge is 2.16. The van der Waals surface area contributed by atoms with Gasteiger partial charge in [0.15, 0.2) is 4.34 Å². The molecule has 0 aliphatic carbocycles. The molecule has 2 aromatic rings. The van der Waals surface area contributed by atoms with E-state index in [0.717, 1.165) is 23.1 Å². The van der Waals surface area contributed by atoms with Crippen molar-refractivity contribution >= 4 is 29.1 Å². The predicted molar refractivity (Wildman–Crippen MR) is 70.9 cm³/mol. The van der Waals surface area contributed by atoms with Crippen LogP contribution < -0.4 is 9.47 Å². The zero-order chi connectivity index (χ0) is 14.7. The van der Waals surface area contributed by atoms with E-state index in [-0.39, 0.29) is 16.9 Å². The van der Waals surface area contributed by atoms with Crippen molar-refractivity contribution in [2.45, 2.75) is 16.4 Å². The van der Waals surface area contributed by atoms with Crippen molar-refractivity contribution in [1.29, 1.82) is 0 Å². The van der Waals surface area contributed by atoms with Crippen LogP contribution in [0.4, 0.5) is 0 Å². The molecule has 0 amide bonds. The fourth-order valence-corrected chi connectivity index (χ4v) is 3.10. The summed E-state index contributed by atoms with van der Waals surface area (Å²) in [6.07, 6.45) is 0. The molecule has 0 spiro atoms. The highest BCUT2D eigenvalue weighted by molar-refractivity contribution is 8.00. The Morgan fingerprint density at radius 3 is 2.20 bits per heavy atom. The summed E-state index contributed by atoms with van der Waals surface area (Å²) in [5.74, 6) is -1.00. The smallest absolute Gasteiger partial charge is 0.347 e. The normalized spacial score (nSPS) is 10.3. The quantitative estimate of drug-likeness (QED) is 0.878. The van der Waals surface area contributed by atoms with Crippen molar-refractivity contribution in [2.75, 3.05) is 14.2 Å². The Morgan fingerprint density at radius 2 is 1.75 bits per heavy atom. The lowest BCUT2D eigenvalue weighted by atomic mass is 10.4. The average Bonchev–Trinajstić information content (AvgIpc) is 2.79. The van der Waals surface area contributed by atoms with Gasteiger partial charge in [0.25, 0.3) is 0 Å². The van der Waals surface area contributed by atoms with Gasteiger partial charge >= 0.3 is 18.0 Å². The van der Waals surface area contributed by atoms with Crippen LogP contribution in [-0.4, -0.2) is 45.2 Å². The molecule has 8 nitrogen and oxygen atoms in total. The van der Waals surface area contributed by atoms with Gasteiger partial charge in [-0.3, -0.25) is 0 Å². The molecule has 0 aliphatic rings. The maximum absolute atomic E-state index is 11.0. The molecule has 10 heteroatoms. The van der Waals surface area contributed by atoms with Gasteiger partial charge in [0.1, 0.15) is 4.88 Å². The third kappa shape index (κ3) is 3.14. The minimum absolute atomic E-state index is 0.117. The molecule has 0 radical (unpaired) electrons. The van der Waals surface area contributed by atoms with Crippen LogP contribution in [0.25, 0.3) is 0 Å². The van der Waals surface area contributed by atoms with Gasteiger partial charge in [-0.15, -0.1) is 4.98 Å².